The fourth-order valence-electron chi connectivity index (χ4n) is 5.51. The van der Waals surface area contributed by atoms with Crippen LogP contribution in [0, 0.1) is 17.8 Å². The number of ether oxygens (including phenoxy) is 2. The van der Waals surface area contributed by atoms with Crippen molar-refractivity contribution in [3.05, 3.63) is 12.2 Å². The molecule has 0 aliphatic heterocycles. The van der Waals surface area contributed by atoms with Gasteiger partial charge in [-0.05, 0) is 51.4 Å². The lowest BCUT2D eigenvalue weighted by Gasteiger charge is -2.64. The van der Waals surface area contributed by atoms with E-state index in [1.807, 2.05) is 7.11 Å². The highest BCUT2D eigenvalue weighted by molar-refractivity contribution is 5.87. The Morgan fingerprint density at radius 2 is 1.86 bits per heavy atom. The maximum atomic E-state index is 12.2. The van der Waals surface area contributed by atoms with Gasteiger partial charge in [0.25, 0.3) is 0 Å². The summed E-state index contributed by atoms with van der Waals surface area (Å²) in [6, 6.07) is 0. The van der Waals surface area contributed by atoms with Gasteiger partial charge in [0, 0.05) is 24.5 Å². The van der Waals surface area contributed by atoms with Crippen LogP contribution in [-0.4, -0.2) is 24.3 Å². The molecule has 0 aromatic rings. The zero-order chi connectivity index (χ0) is 15.3. The van der Waals surface area contributed by atoms with E-state index < -0.39 is 0 Å². The van der Waals surface area contributed by atoms with Crippen LogP contribution in [0.25, 0.3) is 0 Å². The van der Waals surface area contributed by atoms with E-state index in [0.29, 0.717) is 17.4 Å². The molecule has 0 heterocycles. The van der Waals surface area contributed by atoms with Gasteiger partial charge < -0.3 is 9.47 Å². The number of methoxy groups -OCH3 is 1. The number of carbonyl (C=O) groups is 1. The second-order valence-corrected chi connectivity index (χ2v) is 7.61. The standard InChI is InChI=1S/C18H28O3/c1-5-6-18(21-16(19)12(2)3)14-7-13-8-15(18)11-17(9-13,10-14)20-4/h13-15H,2,5-11H2,1,3-4H3. The van der Waals surface area contributed by atoms with E-state index in [1.165, 1.54) is 19.3 Å². The predicted molar refractivity (Wildman–Crippen MR) is 81.8 cm³/mol. The summed E-state index contributed by atoms with van der Waals surface area (Å²) in [5.74, 6) is 1.48. The van der Waals surface area contributed by atoms with E-state index in [0.717, 1.165) is 31.6 Å². The Balaban J connectivity index is 1.91. The predicted octanol–water partition coefficient (Wildman–Crippen LogP) is 3.87. The lowest BCUT2D eigenvalue weighted by Crippen LogP contribution is -2.65. The summed E-state index contributed by atoms with van der Waals surface area (Å²) in [6.45, 7) is 7.69. The third kappa shape index (κ3) is 2.25. The first kappa shape index (κ1) is 15.1. The van der Waals surface area contributed by atoms with Crippen LogP contribution < -0.4 is 0 Å². The first-order valence-corrected chi connectivity index (χ1v) is 8.38. The Labute approximate surface area is 128 Å². The van der Waals surface area contributed by atoms with Crippen molar-refractivity contribution in [2.75, 3.05) is 7.11 Å². The van der Waals surface area contributed by atoms with E-state index >= 15 is 0 Å². The van der Waals surface area contributed by atoms with E-state index in [4.69, 9.17) is 9.47 Å². The van der Waals surface area contributed by atoms with Crippen molar-refractivity contribution in [1.82, 2.24) is 0 Å². The van der Waals surface area contributed by atoms with Crippen molar-refractivity contribution in [2.24, 2.45) is 17.8 Å². The summed E-state index contributed by atoms with van der Waals surface area (Å²) in [5, 5.41) is 0. The van der Waals surface area contributed by atoms with Crippen LogP contribution in [0.5, 0.6) is 0 Å². The Hall–Kier alpha value is -0.830. The summed E-state index contributed by atoms with van der Waals surface area (Å²) >= 11 is 0. The third-order valence-electron chi connectivity index (χ3n) is 6.22. The smallest absolute Gasteiger partial charge is 0.333 e. The Morgan fingerprint density at radius 1 is 1.24 bits per heavy atom. The first-order chi connectivity index (χ1) is 9.94. The molecule has 4 saturated carbocycles. The number of hydrogen-bond donors (Lipinski definition) is 0. The molecular weight excluding hydrogens is 264 g/mol. The molecule has 118 valence electrons. The largest absolute Gasteiger partial charge is 0.455 e. The van der Waals surface area contributed by atoms with Crippen LogP contribution in [0.3, 0.4) is 0 Å². The molecule has 0 radical (unpaired) electrons. The maximum absolute atomic E-state index is 12.2. The van der Waals surface area contributed by atoms with Gasteiger partial charge in [0.05, 0.1) is 5.60 Å². The van der Waals surface area contributed by atoms with Gasteiger partial charge in [-0.25, -0.2) is 4.79 Å². The number of carbonyl (C=O) groups excluding carboxylic acids is 1. The van der Waals surface area contributed by atoms with E-state index in [1.54, 1.807) is 6.92 Å². The van der Waals surface area contributed by atoms with Gasteiger partial charge in [-0.1, -0.05) is 19.9 Å². The van der Waals surface area contributed by atoms with E-state index in [-0.39, 0.29) is 17.2 Å². The maximum Gasteiger partial charge on any atom is 0.333 e. The second-order valence-electron chi connectivity index (χ2n) is 7.61. The molecule has 2 unspecified atom stereocenters. The van der Waals surface area contributed by atoms with Gasteiger partial charge in [0.2, 0.25) is 0 Å². The monoisotopic (exact) mass is 292 g/mol. The van der Waals surface area contributed by atoms with E-state index in [9.17, 15) is 4.79 Å². The Bertz CT molecular complexity index is 437. The molecule has 0 saturated heterocycles. The van der Waals surface area contributed by atoms with Crippen LogP contribution >= 0.6 is 0 Å². The molecular formula is C18H28O3. The molecule has 0 amide bonds. The zero-order valence-corrected chi connectivity index (χ0v) is 13.6. The van der Waals surface area contributed by atoms with Crippen molar-refractivity contribution in [2.45, 2.75) is 70.0 Å². The highest BCUT2D eigenvalue weighted by Crippen LogP contribution is 2.63. The quantitative estimate of drug-likeness (QED) is 0.570. The molecule has 0 spiro atoms. The number of hydrogen-bond acceptors (Lipinski definition) is 3. The SMILES string of the molecule is C=C(C)C(=O)OC1(CCC)C2CC3CC1CC(OC)(C3)C2. The molecule has 4 fully saturated rings. The summed E-state index contributed by atoms with van der Waals surface area (Å²) in [7, 11) is 1.86. The fraction of sp³-hybridized carbons (Fsp3) is 0.833. The molecule has 3 nitrogen and oxygen atoms in total. The molecule has 2 atom stereocenters. The average Bonchev–Trinajstić information content (AvgIpc) is 2.44. The van der Waals surface area contributed by atoms with Crippen LogP contribution in [0.2, 0.25) is 0 Å². The van der Waals surface area contributed by atoms with Crippen LogP contribution in [0.15, 0.2) is 12.2 Å². The molecule has 4 bridgehead atoms. The molecule has 0 aromatic heterocycles. The third-order valence-corrected chi connectivity index (χ3v) is 6.22. The van der Waals surface area contributed by atoms with Gasteiger partial charge in [0.15, 0.2) is 0 Å². The molecule has 4 aliphatic carbocycles. The van der Waals surface area contributed by atoms with Crippen molar-refractivity contribution in [3.8, 4) is 0 Å². The van der Waals surface area contributed by atoms with Crippen LogP contribution in [0.1, 0.15) is 58.8 Å². The topological polar surface area (TPSA) is 35.5 Å². The van der Waals surface area contributed by atoms with Crippen LogP contribution in [0.4, 0.5) is 0 Å². The summed E-state index contributed by atoms with van der Waals surface area (Å²) in [5.41, 5.74) is 0.313. The fourth-order valence-corrected chi connectivity index (χ4v) is 5.51. The Kier molecular flexibility index (Phi) is 3.67. The summed E-state index contributed by atoms with van der Waals surface area (Å²) < 4.78 is 12.0. The minimum atomic E-state index is -0.260. The summed E-state index contributed by atoms with van der Waals surface area (Å²) in [4.78, 5) is 12.2. The molecule has 3 heteroatoms. The molecule has 4 rings (SSSR count). The minimum Gasteiger partial charge on any atom is -0.455 e. The first-order valence-electron chi connectivity index (χ1n) is 8.38. The van der Waals surface area contributed by atoms with Crippen molar-refractivity contribution in [3.63, 3.8) is 0 Å². The van der Waals surface area contributed by atoms with Gasteiger partial charge in [0.1, 0.15) is 5.60 Å². The van der Waals surface area contributed by atoms with Gasteiger partial charge >= 0.3 is 5.97 Å². The van der Waals surface area contributed by atoms with Crippen molar-refractivity contribution in [1.29, 1.82) is 0 Å². The molecule has 4 aliphatic rings. The number of esters is 1. The molecule has 0 N–H and O–H groups in total. The second kappa shape index (κ2) is 5.12. The van der Waals surface area contributed by atoms with Crippen LogP contribution in [-0.2, 0) is 14.3 Å². The lowest BCUT2D eigenvalue weighted by molar-refractivity contribution is -0.247. The van der Waals surface area contributed by atoms with Crippen molar-refractivity contribution >= 4 is 5.97 Å². The lowest BCUT2D eigenvalue weighted by atomic mass is 9.47. The summed E-state index contributed by atoms with van der Waals surface area (Å²) in [6.07, 6.45) is 7.75. The zero-order valence-electron chi connectivity index (χ0n) is 13.6. The average molecular weight is 292 g/mol. The molecule has 21 heavy (non-hydrogen) atoms. The van der Waals surface area contributed by atoms with E-state index in [2.05, 4.69) is 13.5 Å². The van der Waals surface area contributed by atoms with Gasteiger partial charge in [-0.3, -0.25) is 0 Å². The number of rotatable bonds is 5. The minimum absolute atomic E-state index is 0.0589. The van der Waals surface area contributed by atoms with Gasteiger partial charge in [-0.2, -0.15) is 0 Å². The molecule has 0 aromatic carbocycles. The Morgan fingerprint density at radius 3 is 2.33 bits per heavy atom. The highest BCUT2D eigenvalue weighted by atomic mass is 16.6. The highest BCUT2D eigenvalue weighted by Gasteiger charge is 2.63. The van der Waals surface area contributed by atoms with Gasteiger partial charge in [-0.15, -0.1) is 0 Å². The van der Waals surface area contributed by atoms with Crippen molar-refractivity contribution < 1.29 is 14.3 Å². The normalized spacial score (nSPS) is 43.9.